The Balaban J connectivity index is 2.09. The number of hydrogen-bond acceptors (Lipinski definition) is 6. The van der Waals surface area contributed by atoms with E-state index in [9.17, 15) is 0 Å². The first-order valence-electron chi connectivity index (χ1n) is 7.55. The highest BCUT2D eigenvalue weighted by Crippen LogP contribution is 2.30. The predicted octanol–water partition coefficient (Wildman–Crippen LogP) is 1.86. The van der Waals surface area contributed by atoms with Crippen molar-refractivity contribution in [2.45, 2.75) is 39.2 Å². The van der Waals surface area contributed by atoms with E-state index in [-0.39, 0.29) is 11.5 Å². The summed E-state index contributed by atoms with van der Waals surface area (Å²) in [6, 6.07) is 2.44. The normalized spacial score (nSPS) is 23.7. The number of hydrogen-bond donors (Lipinski definition) is 0. The first-order valence-corrected chi connectivity index (χ1v) is 7.55. The minimum absolute atomic E-state index is 0.0895. The van der Waals surface area contributed by atoms with E-state index in [2.05, 4.69) is 54.0 Å². The largest absolute Gasteiger partial charge is 0.339 e. The van der Waals surface area contributed by atoms with Crippen LogP contribution in [0.15, 0.2) is 4.52 Å². The van der Waals surface area contributed by atoms with Gasteiger partial charge in [-0.05, 0) is 25.9 Å². The monoisotopic (exact) mass is 291 g/mol. The quantitative estimate of drug-likeness (QED) is 0.825. The number of nitriles is 1. The van der Waals surface area contributed by atoms with E-state index in [1.807, 2.05) is 0 Å². The molecule has 0 amide bonds. The Morgan fingerprint density at radius 1 is 1.43 bits per heavy atom. The van der Waals surface area contributed by atoms with Gasteiger partial charge < -0.3 is 9.42 Å². The van der Waals surface area contributed by atoms with Crippen LogP contribution in [0.2, 0.25) is 0 Å². The van der Waals surface area contributed by atoms with Crippen LogP contribution in [0.1, 0.15) is 44.4 Å². The molecule has 0 spiro atoms. The maximum Gasteiger partial charge on any atom is 0.227 e. The fourth-order valence-corrected chi connectivity index (χ4v) is 2.63. The van der Waals surface area contributed by atoms with Crippen LogP contribution in [0.3, 0.4) is 0 Å². The lowest BCUT2D eigenvalue weighted by atomic mass is 9.81. The molecule has 1 aromatic heterocycles. The van der Waals surface area contributed by atoms with Gasteiger partial charge in [0.1, 0.15) is 0 Å². The van der Waals surface area contributed by atoms with Crippen molar-refractivity contribution in [1.82, 2.24) is 19.9 Å². The van der Waals surface area contributed by atoms with Crippen molar-refractivity contribution in [2.24, 2.45) is 5.41 Å². The Bertz CT molecular complexity index is 508. The predicted molar refractivity (Wildman–Crippen MR) is 79.5 cm³/mol. The third-order valence-corrected chi connectivity index (χ3v) is 4.57. The Kier molecular flexibility index (Phi) is 4.96. The molecule has 0 aromatic carbocycles. The summed E-state index contributed by atoms with van der Waals surface area (Å²) in [6.45, 7) is 7.18. The van der Waals surface area contributed by atoms with Crippen molar-refractivity contribution in [2.75, 3.05) is 33.7 Å². The lowest BCUT2D eigenvalue weighted by molar-refractivity contribution is 0.108. The molecule has 0 N–H and O–H groups in total. The van der Waals surface area contributed by atoms with E-state index in [1.165, 1.54) is 0 Å². The van der Waals surface area contributed by atoms with Crippen molar-refractivity contribution in [1.29, 1.82) is 5.26 Å². The van der Waals surface area contributed by atoms with Crippen LogP contribution < -0.4 is 0 Å². The van der Waals surface area contributed by atoms with Crippen LogP contribution in [0.4, 0.5) is 0 Å². The van der Waals surface area contributed by atoms with E-state index in [0.29, 0.717) is 18.7 Å². The smallest absolute Gasteiger partial charge is 0.227 e. The van der Waals surface area contributed by atoms with Crippen LogP contribution in [0.25, 0.3) is 0 Å². The molecule has 1 aliphatic heterocycles. The minimum atomic E-state index is -0.0895. The van der Waals surface area contributed by atoms with Gasteiger partial charge in [0.05, 0.1) is 12.1 Å². The number of rotatable bonds is 5. The van der Waals surface area contributed by atoms with Gasteiger partial charge in [-0.25, -0.2) is 0 Å². The highest BCUT2D eigenvalue weighted by Gasteiger charge is 2.30. The van der Waals surface area contributed by atoms with Gasteiger partial charge in [0.2, 0.25) is 5.89 Å². The molecule has 6 nitrogen and oxygen atoms in total. The number of nitrogens with zero attached hydrogens (tertiary/aromatic N) is 5. The molecule has 1 saturated heterocycles. The molecule has 2 atom stereocenters. The molecular formula is C15H25N5O. The van der Waals surface area contributed by atoms with Crippen molar-refractivity contribution in [3.8, 4) is 6.07 Å². The van der Waals surface area contributed by atoms with E-state index in [4.69, 9.17) is 9.78 Å². The molecular weight excluding hydrogens is 266 g/mol. The summed E-state index contributed by atoms with van der Waals surface area (Å²) in [6.07, 6.45) is 2.09. The summed E-state index contributed by atoms with van der Waals surface area (Å²) in [4.78, 5) is 9.13. The first-order chi connectivity index (χ1) is 9.97. The van der Waals surface area contributed by atoms with Gasteiger partial charge in [-0.15, -0.1) is 0 Å². The molecule has 1 fully saturated rings. The Labute approximate surface area is 126 Å². The zero-order chi connectivity index (χ0) is 15.5. The second-order valence-electron chi connectivity index (χ2n) is 6.48. The van der Waals surface area contributed by atoms with Crippen molar-refractivity contribution in [3.05, 3.63) is 11.7 Å². The third kappa shape index (κ3) is 3.80. The van der Waals surface area contributed by atoms with Gasteiger partial charge >= 0.3 is 0 Å². The van der Waals surface area contributed by atoms with Gasteiger partial charge in [-0.2, -0.15) is 10.2 Å². The molecule has 2 heterocycles. The number of piperazine rings is 1. The summed E-state index contributed by atoms with van der Waals surface area (Å²) in [5, 5.41) is 13.1. The maximum absolute atomic E-state index is 8.96. The van der Waals surface area contributed by atoms with E-state index >= 15 is 0 Å². The number of aromatic nitrogens is 2. The SMILES string of the molecule is CCC(C)(CC#N)Cc1nc(C2CN(C)CCN2C)no1. The molecule has 2 rings (SSSR count). The summed E-state index contributed by atoms with van der Waals surface area (Å²) in [7, 11) is 4.21. The molecule has 0 radical (unpaired) electrons. The zero-order valence-corrected chi connectivity index (χ0v) is 13.5. The fraction of sp³-hybridized carbons (Fsp3) is 0.800. The lowest BCUT2D eigenvalue weighted by Crippen LogP contribution is -2.45. The summed E-state index contributed by atoms with van der Waals surface area (Å²) < 4.78 is 5.43. The Morgan fingerprint density at radius 3 is 2.86 bits per heavy atom. The molecule has 0 bridgehead atoms. The van der Waals surface area contributed by atoms with Crippen LogP contribution in [-0.2, 0) is 6.42 Å². The molecule has 2 unspecified atom stereocenters. The summed E-state index contributed by atoms with van der Waals surface area (Å²) >= 11 is 0. The Morgan fingerprint density at radius 2 is 2.19 bits per heavy atom. The molecule has 6 heteroatoms. The second-order valence-corrected chi connectivity index (χ2v) is 6.48. The molecule has 1 aliphatic rings. The van der Waals surface area contributed by atoms with E-state index in [0.717, 1.165) is 31.9 Å². The van der Waals surface area contributed by atoms with Crippen LogP contribution in [0, 0.1) is 16.7 Å². The average Bonchev–Trinajstić information content (AvgIpc) is 2.90. The van der Waals surface area contributed by atoms with Crippen LogP contribution in [0.5, 0.6) is 0 Å². The molecule has 21 heavy (non-hydrogen) atoms. The Hall–Kier alpha value is -1.45. The minimum Gasteiger partial charge on any atom is -0.339 e. The van der Waals surface area contributed by atoms with Crippen LogP contribution >= 0.6 is 0 Å². The average molecular weight is 291 g/mol. The van der Waals surface area contributed by atoms with Gasteiger partial charge in [-0.1, -0.05) is 19.0 Å². The van der Waals surface area contributed by atoms with Crippen molar-refractivity contribution < 1.29 is 4.52 Å². The van der Waals surface area contributed by atoms with E-state index < -0.39 is 0 Å². The van der Waals surface area contributed by atoms with Crippen molar-refractivity contribution in [3.63, 3.8) is 0 Å². The van der Waals surface area contributed by atoms with Gasteiger partial charge in [-0.3, -0.25) is 4.90 Å². The maximum atomic E-state index is 8.96. The fourth-order valence-electron chi connectivity index (χ4n) is 2.63. The molecule has 0 aliphatic carbocycles. The third-order valence-electron chi connectivity index (χ3n) is 4.57. The topological polar surface area (TPSA) is 69.2 Å². The molecule has 116 valence electrons. The molecule has 1 aromatic rings. The summed E-state index contributed by atoms with van der Waals surface area (Å²) in [5.41, 5.74) is -0.0895. The summed E-state index contributed by atoms with van der Waals surface area (Å²) in [5.74, 6) is 1.40. The molecule has 0 saturated carbocycles. The highest BCUT2D eigenvalue weighted by atomic mass is 16.5. The highest BCUT2D eigenvalue weighted by molar-refractivity contribution is 5.00. The number of likely N-dealkylation sites (N-methyl/N-ethyl adjacent to an activating group) is 2. The standard InChI is InChI=1S/C15H25N5O/c1-5-15(2,6-7-16)10-13-17-14(18-21-13)12-11-19(3)8-9-20(12)4/h12H,5-6,8-11H2,1-4H3. The lowest BCUT2D eigenvalue weighted by Gasteiger charge is -2.35. The van der Waals surface area contributed by atoms with Gasteiger partial charge in [0.25, 0.3) is 0 Å². The van der Waals surface area contributed by atoms with Gasteiger partial charge in [0.15, 0.2) is 5.82 Å². The van der Waals surface area contributed by atoms with Crippen molar-refractivity contribution >= 4 is 0 Å². The van der Waals surface area contributed by atoms with E-state index in [1.54, 1.807) is 0 Å². The van der Waals surface area contributed by atoms with Crippen LogP contribution in [-0.4, -0.2) is 53.7 Å². The van der Waals surface area contributed by atoms with Gasteiger partial charge in [0, 0.05) is 32.5 Å². The second kappa shape index (κ2) is 6.54. The zero-order valence-electron chi connectivity index (χ0n) is 13.5. The first kappa shape index (κ1) is 15.9.